The van der Waals surface area contributed by atoms with E-state index in [0.717, 1.165) is 0 Å². The first-order valence-electron chi connectivity index (χ1n) is 4.82. The van der Waals surface area contributed by atoms with Crippen LogP contribution < -0.4 is 5.32 Å². The summed E-state index contributed by atoms with van der Waals surface area (Å²) >= 11 is 0. The van der Waals surface area contributed by atoms with Gasteiger partial charge in [0.1, 0.15) is 0 Å². The molecule has 15 heavy (non-hydrogen) atoms. The van der Waals surface area contributed by atoms with Crippen LogP contribution in [-0.2, 0) is 4.79 Å². The number of amides is 1. The maximum absolute atomic E-state index is 12.8. The maximum Gasteiger partial charge on any atom is 0.220 e. The van der Waals surface area contributed by atoms with Crippen LogP contribution in [0.2, 0.25) is 0 Å². The Hall–Kier alpha value is -1.58. The SMILES string of the molecule is CCC(=O)NC(C)c1ccc(F)c(O)c1. The van der Waals surface area contributed by atoms with E-state index in [1.54, 1.807) is 13.8 Å². The van der Waals surface area contributed by atoms with Crippen LogP contribution in [0.3, 0.4) is 0 Å². The summed E-state index contributed by atoms with van der Waals surface area (Å²) in [6.07, 6.45) is 0.400. The zero-order valence-corrected chi connectivity index (χ0v) is 8.75. The van der Waals surface area contributed by atoms with Crippen LogP contribution in [0.25, 0.3) is 0 Å². The minimum absolute atomic E-state index is 0.0775. The van der Waals surface area contributed by atoms with E-state index in [0.29, 0.717) is 12.0 Å². The zero-order chi connectivity index (χ0) is 11.4. The number of rotatable bonds is 3. The van der Waals surface area contributed by atoms with Gasteiger partial charge in [0.15, 0.2) is 11.6 Å². The van der Waals surface area contributed by atoms with Crippen molar-refractivity contribution in [2.45, 2.75) is 26.3 Å². The quantitative estimate of drug-likeness (QED) is 0.804. The summed E-state index contributed by atoms with van der Waals surface area (Å²) in [5.41, 5.74) is 0.677. The summed E-state index contributed by atoms with van der Waals surface area (Å²) in [7, 11) is 0. The lowest BCUT2D eigenvalue weighted by Gasteiger charge is -2.13. The van der Waals surface area contributed by atoms with Gasteiger partial charge >= 0.3 is 0 Å². The number of halogens is 1. The molecular weight excluding hydrogens is 197 g/mol. The van der Waals surface area contributed by atoms with E-state index in [1.165, 1.54) is 18.2 Å². The van der Waals surface area contributed by atoms with Crippen molar-refractivity contribution in [2.75, 3.05) is 0 Å². The number of hydrogen-bond donors (Lipinski definition) is 2. The third-order valence-electron chi connectivity index (χ3n) is 2.17. The lowest BCUT2D eigenvalue weighted by molar-refractivity contribution is -0.121. The smallest absolute Gasteiger partial charge is 0.220 e. The molecule has 1 aromatic carbocycles. The Balaban J connectivity index is 2.78. The Bertz CT molecular complexity index is 366. The predicted molar refractivity (Wildman–Crippen MR) is 54.9 cm³/mol. The second kappa shape index (κ2) is 4.77. The van der Waals surface area contributed by atoms with Crippen LogP contribution >= 0.6 is 0 Å². The summed E-state index contributed by atoms with van der Waals surface area (Å²) in [4.78, 5) is 11.1. The molecule has 1 aromatic rings. The first-order chi connectivity index (χ1) is 7.04. The van der Waals surface area contributed by atoms with Crippen molar-refractivity contribution in [3.63, 3.8) is 0 Å². The van der Waals surface area contributed by atoms with Gasteiger partial charge < -0.3 is 10.4 Å². The molecule has 1 rings (SSSR count). The highest BCUT2D eigenvalue weighted by Gasteiger charge is 2.10. The van der Waals surface area contributed by atoms with Crippen molar-refractivity contribution < 1.29 is 14.3 Å². The summed E-state index contributed by atoms with van der Waals surface area (Å²) < 4.78 is 12.8. The molecule has 0 aliphatic carbocycles. The molecule has 4 heteroatoms. The number of hydrogen-bond acceptors (Lipinski definition) is 2. The number of carbonyl (C=O) groups excluding carboxylic acids is 1. The number of aromatic hydroxyl groups is 1. The Labute approximate surface area is 87.9 Å². The number of phenolic OH excluding ortho intramolecular Hbond substituents is 1. The lowest BCUT2D eigenvalue weighted by atomic mass is 10.1. The average molecular weight is 211 g/mol. The summed E-state index contributed by atoms with van der Waals surface area (Å²) in [6.45, 7) is 3.53. The van der Waals surface area contributed by atoms with Gasteiger partial charge in [0.25, 0.3) is 0 Å². The fourth-order valence-electron chi connectivity index (χ4n) is 1.23. The normalized spacial score (nSPS) is 12.2. The molecule has 0 aliphatic rings. The van der Waals surface area contributed by atoms with Crippen LogP contribution in [-0.4, -0.2) is 11.0 Å². The van der Waals surface area contributed by atoms with E-state index in [9.17, 15) is 9.18 Å². The Morgan fingerprint density at radius 3 is 2.80 bits per heavy atom. The molecule has 0 fully saturated rings. The molecule has 0 aromatic heterocycles. The van der Waals surface area contributed by atoms with Gasteiger partial charge in [-0.05, 0) is 24.6 Å². The first kappa shape index (κ1) is 11.5. The van der Waals surface area contributed by atoms with Gasteiger partial charge in [0, 0.05) is 6.42 Å². The molecule has 0 heterocycles. The molecular formula is C11H14FNO2. The Morgan fingerprint density at radius 1 is 1.60 bits per heavy atom. The molecule has 0 saturated heterocycles. The minimum Gasteiger partial charge on any atom is -0.505 e. The molecule has 1 amide bonds. The van der Waals surface area contributed by atoms with E-state index in [2.05, 4.69) is 5.32 Å². The van der Waals surface area contributed by atoms with Gasteiger partial charge in [-0.3, -0.25) is 4.79 Å². The van der Waals surface area contributed by atoms with E-state index in [4.69, 9.17) is 5.11 Å². The maximum atomic E-state index is 12.8. The zero-order valence-electron chi connectivity index (χ0n) is 8.75. The predicted octanol–water partition coefficient (Wildman–Crippen LogP) is 2.12. The van der Waals surface area contributed by atoms with Gasteiger partial charge in [0.05, 0.1) is 6.04 Å². The fraction of sp³-hybridized carbons (Fsp3) is 0.364. The summed E-state index contributed by atoms with van der Waals surface area (Å²) in [5.74, 6) is -1.14. The monoisotopic (exact) mass is 211 g/mol. The third-order valence-corrected chi connectivity index (χ3v) is 2.17. The van der Waals surface area contributed by atoms with Crippen molar-refractivity contribution in [2.24, 2.45) is 0 Å². The van der Waals surface area contributed by atoms with Crippen LogP contribution in [0, 0.1) is 5.82 Å². The molecule has 0 saturated carbocycles. The Morgan fingerprint density at radius 2 is 2.27 bits per heavy atom. The van der Waals surface area contributed by atoms with Gasteiger partial charge in [-0.15, -0.1) is 0 Å². The number of benzene rings is 1. The van der Waals surface area contributed by atoms with Gasteiger partial charge in [-0.1, -0.05) is 13.0 Å². The standard InChI is InChI=1S/C11H14FNO2/c1-3-11(15)13-7(2)8-4-5-9(12)10(14)6-8/h4-7,14H,3H2,1-2H3,(H,13,15). The molecule has 0 spiro atoms. The molecule has 1 unspecified atom stereocenters. The molecule has 82 valence electrons. The van der Waals surface area contributed by atoms with E-state index in [-0.39, 0.29) is 11.9 Å². The third kappa shape index (κ3) is 2.94. The highest BCUT2D eigenvalue weighted by atomic mass is 19.1. The molecule has 0 aliphatic heterocycles. The molecule has 2 N–H and O–H groups in total. The Kier molecular flexibility index (Phi) is 3.66. The van der Waals surface area contributed by atoms with Crippen molar-refractivity contribution in [1.82, 2.24) is 5.32 Å². The second-order valence-corrected chi connectivity index (χ2v) is 3.35. The topological polar surface area (TPSA) is 49.3 Å². The number of nitrogens with one attached hydrogen (secondary N) is 1. The van der Waals surface area contributed by atoms with E-state index in [1.807, 2.05) is 0 Å². The summed E-state index contributed by atoms with van der Waals surface area (Å²) in [5, 5.41) is 11.9. The van der Waals surface area contributed by atoms with Crippen molar-refractivity contribution in [3.05, 3.63) is 29.6 Å². The number of phenols is 1. The lowest BCUT2D eigenvalue weighted by Crippen LogP contribution is -2.25. The van der Waals surface area contributed by atoms with Crippen LogP contribution in [0.1, 0.15) is 31.9 Å². The van der Waals surface area contributed by atoms with Gasteiger partial charge in [-0.2, -0.15) is 0 Å². The van der Waals surface area contributed by atoms with Crippen molar-refractivity contribution >= 4 is 5.91 Å². The van der Waals surface area contributed by atoms with E-state index < -0.39 is 11.6 Å². The fourth-order valence-corrected chi connectivity index (χ4v) is 1.23. The van der Waals surface area contributed by atoms with Crippen molar-refractivity contribution in [3.8, 4) is 5.75 Å². The van der Waals surface area contributed by atoms with Crippen LogP contribution in [0.15, 0.2) is 18.2 Å². The minimum atomic E-state index is -0.659. The second-order valence-electron chi connectivity index (χ2n) is 3.35. The highest BCUT2D eigenvalue weighted by Crippen LogP contribution is 2.21. The first-order valence-corrected chi connectivity index (χ1v) is 4.82. The van der Waals surface area contributed by atoms with Crippen LogP contribution in [0.5, 0.6) is 5.75 Å². The van der Waals surface area contributed by atoms with Crippen molar-refractivity contribution in [1.29, 1.82) is 0 Å². The average Bonchev–Trinajstić information content (AvgIpc) is 2.21. The summed E-state index contributed by atoms with van der Waals surface area (Å²) in [6, 6.07) is 3.80. The van der Waals surface area contributed by atoms with E-state index >= 15 is 0 Å². The molecule has 0 bridgehead atoms. The largest absolute Gasteiger partial charge is 0.505 e. The highest BCUT2D eigenvalue weighted by molar-refractivity contribution is 5.76. The molecule has 1 atom stereocenters. The van der Waals surface area contributed by atoms with Gasteiger partial charge in [-0.25, -0.2) is 4.39 Å². The van der Waals surface area contributed by atoms with Gasteiger partial charge in [0.2, 0.25) is 5.91 Å². The number of carbonyl (C=O) groups is 1. The molecule has 0 radical (unpaired) electrons. The molecule has 3 nitrogen and oxygen atoms in total. The van der Waals surface area contributed by atoms with Crippen LogP contribution in [0.4, 0.5) is 4.39 Å².